The molecule has 24 heavy (non-hydrogen) atoms. The molecule has 0 fully saturated rings. The largest absolute Gasteiger partial charge is 0.383 e. The summed E-state index contributed by atoms with van der Waals surface area (Å²) in [7, 11) is 0. The second-order valence-corrected chi connectivity index (χ2v) is 7.30. The van der Waals surface area contributed by atoms with Crippen LogP contribution in [0.3, 0.4) is 0 Å². The van der Waals surface area contributed by atoms with Gasteiger partial charge in [0, 0.05) is 32.9 Å². The van der Waals surface area contributed by atoms with Gasteiger partial charge in [0.1, 0.15) is 17.1 Å². The molecule has 3 rings (SSSR count). The number of aromatic amines is 1. The molecule has 0 aliphatic heterocycles. The molecular weight excluding hydrogens is 436 g/mol. The Morgan fingerprint density at radius 1 is 1.17 bits per heavy atom. The second kappa shape index (κ2) is 7.79. The Morgan fingerprint density at radius 3 is 2.54 bits per heavy atom. The number of aliphatic hydroxyl groups is 1. The van der Waals surface area contributed by atoms with Gasteiger partial charge in [-0.25, -0.2) is 9.97 Å². The second-order valence-electron chi connectivity index (χ2n) is 5.46. The summed E-state index contributed by atoms with van der Waals surface area (Å²) in [5.41, 5.74) is 6.13. The minimum Gasteiger partial charge on any atom is -0.383 e. The number of rotatable bonds is 0. The van der Waals surface area contributed by atoms with Gasteiger partial charge >= 0.3 is 0 Å². The first kappa shape index (κ1) is 18.5. The van der Waals surface area contributed by atoms with Gasteiger partial charge < -0.3 is 15.8 Å². The van der Waals surface area contributed by atoms with Crippen LogP contribution in [-0.2, 0) is 0 Å². The van der Waals surface area contributed by atoms with Crippen LogP contribution in [0.5, 0.6) is 0 Å². The van der Waals surface area contributed by atoms with E-state index in [1.54, 1.807) is 32.3 Å². The fourth-order valence-corrected chi connectivity index (χ4v) is 2.36. The molecule has 0 atom stereocenters. The van der Waals surface area contributed by atoms with E-state index < -0.39 is 5.60 Å². The number of hydrogen-bond acceptors (Lipinski definition) is 4. The van der Waals surface area contributed by atoms with Crippen molar-refractivity contribution in [2.45, 2.75) is 19.4 Å². The summed E-state index contributed by atoms with van der Waals surface area (Å²) in [4.78, 5) is 11.1. The van der Waals surface area contributed by atoms with Crippen molar-refractivity contribution < 1.29 is 5.11 Å². The van der Waals surface area contributed by atoms with Crippen LogP contribution in [0.2, 0.25) is 0 Å². The summed E-state index contributed by atoms with van der Waals surface area (Å²) in [5, 5.41) is 10.5. The fraction of sp³-hybridized carbons (Fsp3) is 0.176. The molecule has 0 unspecified atom stereocenters. The predicted octanol–water partition coefficient (Wildman–Crippen LogP) is 3.87. The number of nitrogen functional groups attached to an aromatic ring is 1. The van der Waals surface area contributed by atoms with Crippen LogP contribution in [0.25, 0.3) is 11.0 Å². The molecule has 0 aliphatic rings. The van der Waals surface area contributed by atoms with E-state index in [1.807, 2.05) is 18.3 Å². The molecule has 124 valence electrons. The smallest absolute Gasteiger partial charge is 0.139 e. The zero-order valence-electron chi connectivity index (χ0n) is 13.1. The lowest BCUT2D eigenvalue weighted by atomic mass is 10.1. The lowest BCUT2D eigenvalue weighted by Crippen LogP contribution is -2.14. The van der Waals surface area contributed by atoms with Crippen molar-refractivity contribution in [1.82, 2.24) is 15.0 Å². The predicted molar refractivity (Wildman–Crippen MR) is 103 cm³/mol. The van der Waals surface area contributed by atoms with E-state index in [0.29, 0.717) is 11.4 Å². The highest BCUT2D eigenvalue weighted by Crippen LogP contribution is 2.15. The van der Waals surface area contributed by atoms with Crippen LogP contribution in [0.4, 0.5) is 5.82 Å². The molecule has 0 saturated heterocycles. The van der Waals surface area contributed by atoms with Gasteiger partial charge in [0.25, 0.3) is 0 Å². The lowest BCUT2D eigenvalue weighted by molar-refractivity contribution is 0.143. The Bertz CT molecular complexity index is 904. The van der Waals surface area contributed by atoms with E-state index in [2.05, 4.69) is 58.7 Å². The topological polar surface area (TPSA) is 87.8 Å². The average Bonchev–Trinajstić information content (AvgIpc) is 2.95. The van der Waals surface area contributed by atoms with Crippen LogP contribution in [-0.4, -0.2) is 25.7 Å². The highest BCUT2D eigenvalue weighted by atomic mass is 79.9. The van der Waals surface area contributed by atoms with Gasteiger partial charge in [0.05, 0.1) is 5.56 Å². The number of aromatic nitrogens is 3. The minimum absolute atomic E-state index is 0.366. The Labute approximate surface area is 157 Å². The van der Waals surface area contributed by atoms with Crippen LogP contribution in [0.15, 0.2) is 45.7 Å². The van der Waals surface area contributed by atoms with Crippen LogP contribution < -0.4 is 5.73 Å². The normalized spacial score (nSPS) is 10.5. The molecule has 3 heterocycles. The molecule has 3 aromatic rings. The lowest BCUT2D eigenvalue weighted by Gasteiger charge is -2.06. The van der Waals surface area contributed by atoms with Crippen molar-refractivity contribution in [2.75, 3.05) is 5.73 Å². The quantitative estimate of drug-likeness (QED) is 0.452. The standard InChI is InChI=1S/C10H11BrN2O.C7H5BrN2/c1-10(2,14)4-3-7-5-8(11)6-13-9(7)12;8-6-3-5-1-2-9-7(5)10-4-6/h5-6,14H,1-2H3,(H2,12,13);1-4H,(H,9,10). The molecule has 0 aliphatic carbocycles. The van der Waals surface area contributed by atoms with Gasteiger partial charge in [0.15, 0.2) is 0 Å². The maximum Gasteiger partial charge on any atom is 0.139 e. The Balaban J connectivity index is 0.000000182. The zero-order valence-corrected chi connectivity index (χ0v) is 16.3. The van der Waals surface area contributed by atoms with Crippen molar-refractivity contribution in [3.63, 3.8) is 0 Å². The van der Waals surface area contributed by atoms with Gasteiger partial charge in [-0.15, -0.1) is 0 Å². The monoisotopic (exact) mass is 450 g/mol. The van der Waals surface area contributed by atoms with E-state index in [0.717, 1.165) is 20.0 Å². The number of H-pyrrole nitrogens is 1. The van der Waals surface area contributed by atoms with Gasteiger partial charge in [-0.05, 0) is 63.9 Å². The molecule has 7 heteroatoms. The number of halogens is 2. The molecule has 0 bridgehead atoms. The van der Waals surface area contributed by atoms with Gasteiger partial charge in [0.2, 0.25) is 0 Å². The number of nitrogens with zero attached hydrogens (tertiary/aromatic N) is 2. The average molecular weight is 452 g/mol. The maximum atomic E-state index is 9.39. The van der Waals surface area contributed by atoms with Gasteiger partial charge in [-0.3, -0.25) is 0 Å². The van der Waals surface area contributed by atoms with E-state index >= 15 is 0 Å². The first-order valence-corrected chi connectivity index (χ1v) is 8.58. The van der Waals surface area contributed by atoms with Crippen molar-refractivity contribution in [1.29, 1.82) is 0 Å². The number of anilines is 1. The number of nitrogens with one attached hydrogen (secondary N) is 1. The van der Waals surface area contributed by atoms with Crippen LogP contribution in [0.1, 0.15) is 19.4 Å². The van der Waals surface area contributed by atoms with Crippen molar-refractivity contribution in [2.24, 2.45) is 0 Å². The Kier molecular flexibility index (Phi) is 5.99. The van der Waals surface area contributed by atoms with Crippen LogP contribution in [0, 0.1) is 11.8 Å². The fourth-order valence-electron chi connectivity index (χ4n) is 1.68. The summed E-state index contributed by atoms with van der Waals surface area (Å²) in [5.74, 6) is 5.81. The van der Waals surface area contributed by atoms with E-state index in [-0.39, 0.29) is 0 Å². The van der Waals surface area contributed by atoms with Crippen LogP contribution >= 0.6 is 31.9 Å². The molecule has 0 spiro atoms. The number of pyridine rings is 2. The number of fused-ring (bicyclic) bond motifs is 1. The first-order chi connectivity index (χ1) is 11.2. The zero-order chi connectivity index (χ0) is 17.7. The van der Waals surface area contributed by atoms with E-state index in [1.165, 1.54) is 0 Å². The van der Waals surface area contributed by atoms with Crippen molar-refractivity contribution in [3.8, 4) is 11.8 Å². The van der Waals surface area contributed by atoms with Gasteiger partial charge in [-0.2, -0.15) is 0 Å². The minimum atomic E-state index is -1.02. The molecule has 4 N–H and O–H groups in total. The third-order valence-corrected chi connectivity index (χ3v) is 3.62. The summed E-state index contributed by atoms with van der Waals surface area (Å²) in [6.45, 7) is 3.23. The van der Waals surface area contributed by atoms with Gasteiger partial charge in [-0.1, -0.05) is 11.8 Å². The van der Waals surface area contributed by atoms with E-state index in [4.69, 9.17) is 5.73 Å². The molecule has 5 nitrogen and oxygen atoms in total. The number of hydrogen-bond donors (Lipinski definition) is 3. The SMILES string of the molecule is Brc1cnc2[nH]ccc2c1.CC(C)(O)C#Cc1cc(Br)cnc1N. The first-order valence-electron chi connectivity index (χ1n) is 7.00. The highest BCUT2D eigenvalue weighted by Gasteiger charge is 2.06. The summed E-state index contributed by atoms with van der Waals surface area (Å²) in [6, 6.07) is 5.78. The number of nitrogens with two attached hydrogens (primary N) is 1. The molecule has 3 aromatic heterocycles. The molecule has 0 amide bonds. The molecule has 0 radical (unpaired) electrons. The third kappa shape index (κ3) is 5.64. The summed E-state index contributed by atoms with van der Waals surface area (Å²) in [6.07, 6.45) is 5.26. The Hall–Kier alpha value is -1.88. The molecular formula is C17H16Br2N4O. The van der Waals surface area contributed by atoms with Crippen molar-refractivity contribution in [3.05, 3.63) is 51.3 Å². The highest BCUT2D eigenvalue weighted by molar-refractivity contribution is 9.10. The summed E-state index contributed by atoms with van der Waals surface area (Å²) >= 11 is 6.61. The third-order valence-electron chi connectivity index (χ3n) is 2.75. The Morgan fingerprint density at radius 2 is 1.83 bits per heavy atom. The van der Waals surface area contributed by atoms with Crippen molar-refractivity contribution >= 4 is 48.7 Å². The molecule has 0 saturated carbocycles. The maximum absolute atomic E-state index is 9.39. The van der Waals surface area contributed by atoms with E-state index in [9.17, 15) is 5.11 Å². The summed E-state index contributed by atoms with van der Waals surface area (Å²) < 4.78 is 1.83. The molecule has 0 aromatic carbocycles.